The fraction of sp³-hybridized carbons (Fsp3) is 0.600. The van der Waals surface area contributed by atoms with E-state index in [0.717, 1.165) is 29.4 Å². The van der Waals surface area contributed by atoms with Gasteiger partial charge in [-0.15, -0.1) is 0 Å². The molecule has 18 heavy (non-hydrogen) atoms. The van der Waals surface area contributed by atoms with Crippen molar-refractivity contribution in [2.24, 2.45) is 5.41 Å². The molecule has 1 aliphatic rings. The maximum atomic E-state index is 13.4. The van der Waals surface area contributed by atoms with E-state index >= 15 is 0 Å². The van der Waals surface area contributed by atoms with Crippen LogP contribution in [0, 0.1) is 11.2 Å². The Bertz CT molecular complexity index is 395. The van der Waals surface area contributed by atoms with Gasteiger partial charge in [0.15, 0.2) is 0 Å². The van der Waals surface area contributed by atoms with E-state index in [1.165, 1.54) is 18.9 Å². The highest BCUT2D eigenvalue weighted by Gasteiger charge is 2.46. The van der Waals surface area contributed by atoms with E-state index in [0.29, 0.717) is 11.5 Å². The first kappa shape index (κ1) is 14.0. The van der Waals surface area contributed by atoms with E-state index < -0.39 is 0 Å². The minimum Gasteiger partial charge on any atom is -0.314 e. The van der Waals surface area contributed by atoms with Crippen LogP contribution >= 0.6 is 15.9 Å². The van der Waals surface area contributed by atoms with Crippen LogP contribution in [-0.2, 0) is 6.42 Å². The van der Waals surface area contributed by atoms with Crippen molar-refractivity contribution in [2.75, 3.05) is 6.54 Å². The summed E-state index contributed by atoms with van der Waals surface area (Å²) in [6, 6.07) is 5.73. The zero-order valence-electron chi connectivity index (χ0n) is 11.1. The van der Waals surface area contributed by atoms with E-state index in [1.54, 1.807) is 6.07 Å². The summed E-state index contributed by atoms with van der Waals surface area (Å²) in [5.74, 6) is -0.149. The van der Waals surface area contributed by atoms with E-state index in [9.17, 15) is 4.39 Å². The number of nitrogens with one attached hydrogen (secondary N) is 1. The van der Waals surface area contributed by atoms with Crippen molar-refractivity contribution < 1.29 is 4.39 Å². The molecule has 0 saturated heterocycles. The summed E-state index contributed by atoms with van der Waals surface area (Å²) < 4.78 is 14.2. The predicted molar refractivity (Wildman–Crippen MR) is 77.2 cm³/mol. The summed E-state index contributed by atoms with van der Waals surface area (Å²) in [5.41, 5.74) is 1.45. The molecular weight excluding hydrogens is 293 g/mol. The summed E-state index contributed by atoms with van der Waals surface area (Å²) in [4.78, 5) is 0. The highest BCUT2D eigenvalue weighted by Crippen LogP contribution is 2.51. The van der Waals surface area contributed by atoms with Crippen LogP contribution in [0.3, 0.4) is 0 Å². The Morgan fingerprint density at radius 3 is 2.67 bits per heavy atom. The number of benzene rings is 1. The largest absolute Gasteiger partial charge is 0.314 e. The van der Waals surface area contributed by atoms with Crippen LogP contribution in [0.1, 0.15) is 38.7 Å². The molecule has 0 heterocycles. The Balaban J connectivity index is 2.03. The summed E-state index contributed by atoms with van der Waals surface area (Å²) >= 11 is 3.36. The highest BCUT2D eigenvalue weighted by atomic mass is 79.9. The van der Waals surface area contributed by atoms with Crippen LogP contribution in [-0.4, -0.2) is 12.6 Å². The molecule has 100 valence electrons. The van der Waals surface area contributed by atoms with E-state index in [1.807, 2.05) is 6.07 Å². The van der Waals surface area contributed by atoms with Gasteiger partial charge in [-0.05, 0) is 68.3 Å². The molecule has 0 aromatic heterocycles. The Labute approximate surface area is 117 Å². The lowest BCUT2D eigenvalue weighted by atomic mass is 9.89. The number of halogens is 2. The van der Waals surface area contributed by atoms with Crippen LogP contribution in [0.5, 0.6) is 0 Å². The first-order valence-corrected chi connectivity index (χ1v) is 7.53. The average Bonchev–Trinajstić information content (AvgIpc) is 3.05. The van der Waals surface area contributed by atoms with Gasteiger partial charge in [-0.2, -0.15) is 0 Å². The monoisotopic (exact) mass is 313 g/mol. The molecule has 1 aromatic rings. The second-order valence-electron chi connectivity index (χ2n) is 5.49. The molecule has 0 amide bonds. The standard InChI is InChI=1S/C15H21BrFN/c1-3-6-18-11(2)15(4-5-15)10-12-7-13(16)9-14(17)8-12/h7-9,11,18H,3-6,10H2,1-2H3. The molecule has 1 unspecified atom stereocenters. The van der Waals surface area contributed by atoms with E-state index in [4.69, 9.17) is 0 Å². The van der Waals surface area contributed by atoms with Crippen molar-refractivity contribution in [3.63, 3.8) is 0 Å². The van der Waals surface area contributed by atoms with Crippen molar-refractivity contribution in [2.45, 2.75) is 45.6 Å². The molecule has 1 N–H and O–H groups in total. The Morgan fingerprint density at radius 1 is 1.39 bits per heavy atom. The van der Waals surface area contributed by atoms with Gasteiger partial charge in [-0.3, -0.25) is 0 Å². The lowest BCUT2D eigenvalue weighted by molar-refractivity contribution is 0.350. The van der Waals surface area contributed by atoms with Crippen molar-refractivity contribution >= 4 is 15.9 Å². The van der Waals surface area contributed by atoms with Crippen molar-refractivity contribution in [3.05, 3.63) is 34.1 Å². The van der Waals surface area contributed by atoms with Crippen LogP contribution in [0.4, 0.5) is 4.39 Å². The molecule has 0 aliphatic heterocycles. The Kier molecular flexibility index (Phi) is 4.44. The lowest BCUT2D eigenvalue weighted by Crippen LogP contribution is -2.36. The maximum absolute atomic E-state index is 13.4. The van der Waals surface area contributed by atoms with Gasteiger partial charge in [0.2, 0.25) is 0 Å². The SMILES string of the molecule is CCCNC(C)C1(Cc2cc(F)cc(Br)c2)CC1. The zero-order valence-corrected chi connectivity index (χ0v) is 12.7. The minimum absolute atomic E-state index is 0.149. The third kappa shape index (κ3) is 3.33. The third-order valence-electron chi connectivity index (χ3n) is 3.99. The fourth-order valence-corrected chi connectivity index (χ4v) is 3.13. The molecule has 1 nitrogen and oxygen atoms in total. The summed E-state index contributed by atoms with van der Waals surface area (Å²) in [6.07, 6.45) is 4.63. The lowest BCUT2D eigenvalue weighted by Gasteiger charge is -2.25. The number of hydrogen-bond donors (Lipinski definition) is 1. The summed E-state index contributed by atoms with van der Waals surface area (Å²) in [7, 11) is 0. The molecule has 1 saturated carbocycles. The van der Waals surface area contributed by atoms with Crippen molar-refractivity contribution in [3.8, 4) is 0 Å². The normalized spacial score (nSPS) is 18.7. The third-order valence-corrected chi connectivity index (χ3v) is 4.45. The molecule has 1 fully saturated rings. The van der Waals surface area contributed by atoms with Gasteiger partial charge < -0.3 is 5.32 Å². The second-order valence-corrected chi connectivity index (χ2v) is 6.41. The van der Waals surface area contributed by atoms with Gasteiger partial charge in [0.25, 0.3) is 0 Å². The molecule has 0 spiro atoms. The van der Waals surface area contributed by atoms with Crippen molar-refractivity contribution in [1.82, 2.24) is 5.32 Å². The average molecular weight is 314 g/mol. The number of hydrogen-bond acceptors (Lipinski definition) is 1. The molecule has 3 heteroatoms. The minimum atomic E-state index is -0.149. The van der Waals surface area contributed by atoms with Gasteiger partial charge in [0.1, 0.15) is 5.82 Å². The quantitative estimate of drug-likeness (QED) is 0.825. The van der Waals surface area contributed by atoms with Gasteiger partial charge in [0, 0.05) is 10.5 Å². The van der Waals surface area contributed by atoms with Gasteiger partial charge >= 0.3 is 0 Å². The molecule has 1 aromatic carbocycles. The van der Waals surface area contributed by atoms with Crippen LogP contribution in [0.25, 0.3) is 0 Å². The van der Waals surface area contributed by atoms with Crippen LogP contribution < -0.4 is 5.32 Å². The molecule has 1 aliphatic carbocycles. The van der Waals surface area contributed by atoms with E-state index in [-0.39, 0.29) is 5.82 Å². The zero-order chi connectivity index (χ0) is 13.2. The first-order chi connectivity index (χ1) is 8.55. The number of rotatable bonds is 6. The predicted octanol–water partition coefficient (Wildman–Crippen LogP) is 4.30. The first-order valence-electron chi connectivity index (χ1n) is 6.74. The highest BCUT2D eigenvalue weighted by molar-refractivity contribution is 9.10. The fourth-order valence-electron chi connectivity index (χ4n) is 2.62. The molecule has 0 bridgehead atoms. The Morgan fingerprint density at radius 2 is 2.11 bits per heavy atom. The smallest absolute Gasteiger partial charge is 0.124 e. The van der Waals surface area contributed by atoms with Gasteiger partial charge in [-0.1, -0.05) is 22.9 Å². The van der Waals surface area contributed by atoms with E-state index in [2.05, 4.69) is 35.1 Å². The summed E-state index contributed by atoms with van der Waals surface area (Å²) in [5, 5.41) is 3.58. The molecular formula is C15H21BrFN. The van der Waals surface area contributed by atoms with Gasteiger partial charge in [-0.25, -0.2) is 4.39 Å². The summed E-state index contributed by atoms with van der Waals surface area (Å²) in [6.45, 7) is 5.51. The Hall–Kier alpha value is -0.410. The topological polar surface area (TPSA) is 12.0 Å². The van der Waals surface area contributed by atoms with Gasteiger partial charge in [0.05, 0.1) is 0 Å². The second kappa shape index (κ2) is 5.70. The maximum Gasteiger partial charge on any atom is 0.124 e. The van der Waals surface area contributed by atoms with Crippen molar-refractivity contribution in [1.29, 1.82) is 0 Å². The van der Waals surface area contributed by atoms with Crippen LogP contribution in [0.2, 0.25) is 0 Å². The molecule has 0 radical (unpaired) electrons. The molecule has 2 rings (SSSR count). The molecule has 1 atom stereocenters. The van der Waals surface area contributed by atoms with Crippen LogP contribution in [0.15, 0.2) is 22.7 Å².